The van der Waals surface area contributed by atoms with Crippen molar-refractivity contribution >= 4 is 17.6 Å². The van der Waals surface area contributed by atoms with Gasteiger partial charge in [-0.3, -0.25) is 10.00 Å². The Kier molecular flexibility index (Phi) is 4.21. The number of carbonyl (C=O) groups is 1. The van der Waals surface area contributed by atoms with Gasteiger partial charge >= 0.3 is 6.09 Å². The third-order valence-corrected chi connectivity index (χ3v) is 2.42. The summed E-state index contributed by atoms with van der Waals surface area (Å²) in [5.74, 6) is 0.338. The van der Waals surface area contributed by atoms with E-state index in [9.17, 15) is 4.79 Å². The molecular formula is C12H22N4O2. The normalized spacial score (nSPS) is 13.2. The fourth-order valence-electron chi connectivity index (χ4n) is 1.32. The summed E-state index contributed by atoms with van der Waals surface area (Å²) in [6, 6.07) is 0.237. The Hall–Kier alpha value is -1.72. The number of nitrogens with one attached hydrogen (secondary N) is 1. The molecule has 0 aliphatic carbocycles. The summed E-state index contributed by atoms with van der Waals surface area (Å²) in [6.07, 6.45) is 2.09. The van der Waals surface area contributed by atoms with Crippen molar-refractivity contribution in [1.82, 2.24) is 9.78 Å². The highest BCUT2D eigenvalue weighted by Crippen LogP contribution is 2.20. The Morgan fingerprint density at radius 3 is 2.72 bits per heavy atom. The minimum absolute atomic E-state index is 0.237. The van der Waals surface area contributed by atoms with Gasteiger partial charge in [0.2, 0.25) is 0 Å². The van der Waals surface area contributed by atoms with E-state index in [4.69, 9.17) is 10.5 Å². The average molecular weight is 254 g/mol. The van der Waals surface area contributed by atoms with Crippen molar-refractivity contribution < 1.29 is 9.53 Å². The lowest BCUT2D eigenvalue weighted by Crippen LogP contribution is -2.27. The molecule has 1 rings (SSSR count). The summed E-state index contributed by atoms with van der Waals surface area (Å²) < 4.78 is 6.88. The molecule has 1 unspecified atom stereocenters. The van der Waals surface area contributed by atoms with Crippen molar-refractivity contribution in [3.8, 4) is 0 Å². The van der Waals surface area contributed by atoms with Crippen LogP contribution in [-0.2, 0) is 4.74 Å². The van der Waals surface area contributed by atoms with Crippen molar-refractivity contribution in [3.63, 3.8) is 0 Å². The number of hydrogen-bond acceptors (Lipinski definition) is 4. The Bertz CT molecular complexity index is 420. The van der Waals surface area contributed by atoms with Gasteiger partial charge in [0.1, 0.15) is 5.60 Å². The highest BCUT2D eigenvalue weighted by atomic mass is 16.6. The fraction of sp³-hybridized carbons (Fsp3) is 0.667. The lowest BCUT2D eigenvalue weighted by molar-refractivity contribution is 0.0635. The second-order valence-electron chi connectivity index (χ2n) is 5.30. The molecule has 1 atom stereocenters. The van der Waals surface area contributed by atoms with Gasteiger partial charge in [-0.15, -0.1) is 0 Å². The first-order chi connectivity index (χ1) is 8.23. The number of nitrogens with zero attached hydrogens (tertiary/aromatic N) is 2. The number of ether oxygens (including phenoxy) is 1. The van der Waals surface area contributed by atoms with E-state index < -0.39 is 11.7 Å². The first-order valence-electron chi connectivity index (χ1n) is 6.07. The van der Waals surface area contributed by atoms with E-state index in [0.717, 1.165) is 6.42 Å². The first-order valence-corrected chi connectivity index (χ1v) is 6.07. The number of amides is 1. The standard InChI is InChI=1S/C12H22N4O2/c1-6-8(2)16-7-9(13)10(15-16)14-11(17)18-12(3,4)5/h7-8H,6,13H2,1-5H3,(H,14,15,17). The molecule has 0 aliphatic rings. The predicted octanol–water partition coefficient (Wildman–Crippen LogP) is 2.78. The van der Waals surface area contributed by atoms with Crippen molar-refractivity contribution in [2.24, 2.45) is 0 Å². The monoisotopic (exact) mass is 254 g/mol. The lowest BCUT2D eigenvalue weighted by Gasteiger charge is -2.19. The van der Waals surface area contributed by atoms with Crippen molar-refractivity contribution in [2.75, 3.05) is 11.1 Å². The van der Waals surface area contributed by atoms with Crippen LogP contribution in [-0.4, -0.2) is 21.5 Å². The number of rotatable bonds is 3. The zero-order valence-corrected chi connectivity index (χ0v) is 11.7. The summed E-state index contributed by atoms with van der Waals surface area (Å²) in [5.41, 5.74) is 5.68. The van der Waals surface area contributed by atoms with E-state index in [1.54, 1.807) is 31.6 Å². The minimum Gasteiger partial charge on any atom is -0.444 e. The minimum atomic E-state index is -0.552. The molecule has 3 N–H and O–H groups in total. The van der Waals surface area contributed by atoms with E-state index in [1.165, 1.54) is 0 Å². The molecule has 0 saturated heterocycles. The largest absolute Gasteiger partial charge is 0.444 e. The molecule has 0 spiro atoms. The summed E-state index contributed by atoms with van der Waals surface area (Å²) in [4.78, 5) is 11.6. The Morgan fingerprint density at radius 2 is 2.22 bits per heavy atom. The van der Waals surface area contributed by atoms with Crippen LogP contribution in [0, 0.1) is 0 Å². The van der Waals surface area contributed by atoms with Crippen molar-refractivity contribution in [3.05, 3.63) is 6.20 Å². The van der Waals surface area contributed by atoms with Crippen LogP contribution in [0.15, 0.2) is 6.20 Å². The van der Waals surface area contributed by atoms with Gasteiger partial charge in [-0.2, -0.15) is 5.10 Å². The smallest absolute Gasteiger partial charge is 0.413 e. The molecule has 0 radical (unpaired) electrons. The summed E-state index contributed by atoms with van der Waals surface area (Å²) in [5, 5.41) is 6.78. The molecule has 1 amide bonds. The van der Waals surface area contributed by atoms with Crippen molar-refractivity contribution in [1.29, 1.82) is 0 Å². The van der Waals surface area contributed by atoms with Crippen molar-refractivity contribution in [2.45, 2.75) is 52.7 Å². The number of anilines is 2. The molecule has 102 valence electrons. The molecule has 0 fully saturated rings. The zero-order chi connectivity index (χ0) is 13.9. The third kappa shape index (κ3) is 3.94. The second-order valence-corrected chi connectivity index (χ2v) is 5.30. The quantitative estimate of drug-likeness (QED) is 0.868. The molecule has 1 aromatic rings. The maximum absolute atomic E-state index is 11.6. The molecule has 1 aromatic heterocycles. The molecule has 6 nitrogen and oxygen atoms in total. The topological polar surface area (TPSA) is 82.2 Å². The molecule has 0 bridgehead atoms. The van der Waals surface area contributed by atoms with Crippen LogP contribution in [0.2, 0.25) is 0 Å². The van der Waals surface area contributed by atoms with Crippen LogP contribution in [0.1, 0.15) is 47.1 Å². The van der Waals surface area contributed by atoms with Gasteiger partial charge in [0.05, 0.1) is 11.9 Å². The summed E-state index contributed by atoms with van der Waals surface area (Å²) in [6.45, 7) is 9.49. The van der Waals surface area contributed by atoms with E-state index in [1.807, 2.05) is 6.92 Å². The average Bonchev–Trinajstić information content (AvgIpc) is 2.56. The zero-order valence-electron chi connectivity index (χ0n) is 11.7. The molecule has 1 heterocycles. The van der Waals surface area contributed by atoms with E-state index in [-0.39, 0.29) is 6.04 Å². The van der Waals surface area contributed by atoms with Crippen LogP contribution < -0.4 is 11.1 Å². The summed E-state index contributed by atoms with van der Waals surface area (Å²) in [7, 11) is 0. The molecule has 18 heavy (non-hydrogen) atoms. The first kappa shape index (κ1) is 14.3. The molecule has 0 saturated carbocycles. The van der Waals surface area contributed by atoms with Gasteiger partial charge in [0.25, 0.3) is 0 Å². The van der Waals surface area contributed by atoms with Gasteiger partial charge < -0.3 is 10.5 Å². The number of hydrogen-bond donors (Lipinski definition) is 2. The van der Waals surface area contributed by atoms with E-state index in [2.05, 4.69) is 17.3 Å². The van der Waals surface area contributed by atoms with Crippen LogP contribution in [0.25, 0.3) is 0 Å². The van der Waals surface area contributed by atoms with Crippen LogP contribution >= 0.6 is 0 Å². The highest BCUT2D eigenvalue weighted by Gasteiger charge is 2.18. The van der Waals surface area contributed by atoms with Gasteiger partial charge in [0.15, 0.2) is 5.82 Å². The molecule has 6 heteroatoms. The van der Waals surface area contributed by atoms with E-state index >= 15 is 0 Å². The maximum Gasteiger partial charge on any atom is 0.413 e. The molecular weight excluding hydrogens is 232 g/mol. The van der Waals surface area contributed by atoms with E-state index in [0.29, 0.717) is 11.5 Å². The number of nitrogen functional groups attached to an aromatic ring is 1. The lowest BCUT2D eigenvalue weighted by atomic mass is 10.2. The van der Waals surface area contributed by atoms with Gasteiger partial charge in [-0.1, -0.05) is 6.92 Å². The number of aromatic nitrogens is 2. The van der Waals surface area contributed by atoms with Crippen LogP contribution in [0.4, 0.5) is 16.3 Å². The van der Waals surface area contributed by atoms with Crippen LogP contribution in [0.5, 0.6) is 0 Å². The van der Waals surface area contributed by atoms with Gasteiger partial charge in [-0.05, 0) is 34.1 Å². The third-order valence-electron chi connectivity index (χ3n) is 2.42. The second kappa shape index (κ2) is 5.29. The Labute approximate surface area is 107 Å². The fourth-order valence-corrected chi connectivity index (χ4v) is 1.32. The maximum atomic E-state index is 11.6. The SMILES string of the molecule is CCC(C)n1cc(N)c(NC(=O)OC(C)(C)C)n1. The Morgan fingerprint density at radius 1 is 1.61 bits per heavy atom. The number of nitrogens with two attached hydrogens (primary N) is 1. The summed E-state index contributed by atoms with van der Waals surface area (Å²) >= 11 is 0. The molecule has 0 aromatic carbocycles. The Balaban J connectivity index is 2.73. The highest BCUT2D eigenvalue weighted by molar-refractivity contribution is 5.87. The molecule has 0 aliphatic heterocycles. The van der Waals surface area contributed by atoms with Gasteiger partial charge in [0, 0.05) is 6.04 Å². The number of carbonyl (C=O) groups excluding carboxylic acids is 1. The van der Waals surface area contributed by atoms with Gasteiger partial charge in [-0.25, -0.2) is 4.79 Å². The van der Waals surface area contributed by atoms with Crippen LogP contribution in [0.3, 0.4) is 0 Å². The predicted molar refractivity (Wildman–Crippen MR) is 71.5 cm³/mol.